The molecule has 0 saturated carbocycles. The van der Waals surface area contributed by atoms with Crippen LogP contribution in [0.25, 0.3) is 0 Å². The summed E-state index contributed by atoms with van der Waals surface area (Å²) in [5.41, 5.74) is 0.0943. The van der Waals surface area contributed by atoms with E-state index in [0.29, 0.717) is 13.0 Å². The summed E-state index contributed by atoms with van der Waals surface area (Å²) in [6.45, 7) is 0.564. The average Bonchev–Trinajstić information content (AvgIpc) is 2.83. The second-order valence-electron chi connectivity index (χ2n) is 3.77. The Morgan fingerprint density at radius 1 is 1.47 bits per heavy atom. The molecule has 1 saturated heterocycles. The molecule has 0 spiro atoms. The maximum Gasteiger partial charge on any atom is 0.292 e. The van der Waals surface area contributed by atoms with Gasteiger partial charge in [-0.2, -0.15) is 0 Å². The first kappa shape index (κ1) is 11.5. The Morgan fingerprint density at radius 2 is 2.24 bits per heavy atom. The number of rotatable bonds is 3. The van der Waals surface area contributed by atoms with Crippen LogP contribution < -0.4 is 5.32 Å². The van der Waals surface area contributed by atoms with Gasteiger partial charge >= 0.3 is 0 Å². The lowest BCUT2D eigenvalue weighted by Crippen LogP contribution is -2.27. The molecule has 1 aromatic carbocycles. The van der Waals surface area contributed by atoms with E-state index < -0.39 is 11.0 Å². The van der Waals surface area contributed by atoms with Gasteiger partial charge < -0.3 is 10.1 Å². The minimum absolute atomic E-state index is 0.112. The maximum absolute atomic E-state index is 11.7. The van der Waals surface area contributed by atoms with Gasteiger partial charge in [0.25, 0.3) is 11.6 Å². The van der Waals surface area contributed by atoms with E-state index in [2.05, 4.69) is 5.32 Å². The summed E-state index contributed by atoms with van der Waals surface area (Å²) in [6, 6.07) is 6.05. The predicted octanol–water partition coefficient (Wildman–Crippen LogP) is 1.71. The van der Waals surface area contributed by atoms with Crippen molar-refractivity contribution >= 4 is 17.3 Å². The van der Waals surface area contributed by atoms with E-state index in [1.165, 1.54) is 12.1 Å². The van der Waals surface area contributed by atoms with E-state index in [0.717, 1.165) is 6.42 Å². The van der Waals surface area contributed by atoms with Gasteiger partial charge in [-0.1, -0.05) is 12.1 Å². The lowest BCUT2D eigenvalue weighted by atomic mass is 10.2. The third-order valence-corrected chi connectivity index (χ3v) is 2.58. The fourth-order valence-electron chi connectivity index (χ4n) is 1.74. The topological polar surface area (TPSA) is 81.5 Å². The summed E-state index contributed by atoms with van der Waals surface area (Å²) < 4.78 is 5.21. The van der Waals surface area contributed by atoms with Gasteiger partial charge in [0.05, 0.1) is 4.92 Å². The fourth-order valence-corrected chi connectivity index (χ4v) is 1.74. The number of para-hydroxylation sites is 2. The number of anilines is 1. The highest BCUT2D eigenvalue weighted by atomic mass is 16.6. The number of nitrogens with zero attached hydrogens (tertiary/aromatic N) is 1. The van der Waals surface area contributed by atoms with Gasteiger partial charge in [0.1, 0.15) is 11.8 Å². The van der Waals surface area contributed by atoms with Crippen LogP contribution in [0.1, 0.15) is 12.8 Å². The number of carbonyl (C=O) groups excluding carboxylic acids is 1. The standard InChI is InChI=1S/C11H12N2O4/c14-11(10-6-3-7-17-10)12-8-4-1-2-5-9(8)13(15)16/h1-2,4-5,10H,3,6-7H2,(H,12,14)/t10-/m0/s1. The summed E-state index contributed by atoms with van der Waals surface area (Å²) in [5.74, 6) is -0.322. The summed E-state index contributed by atoms with van der Waals surface area (Å²) in [5, 5.41) is 13.3. The van der Waals surface area contributed by atoms with Crippen molar-refractivity contribution in [1.82, 2.24) is 0 Å². The number of hydrogen-bond donors (Lipinski definition) is 1. The molecular formula is C11H12N2O4. The molecule has 1 heterocycles. The summed E-state index contributed by atoms with van der Waals surface area (Å²) in [7, 11) is 0. The van der Waals surface area contributed by atoms with Crippen LogP contribution in [0.3, 0.4) is 0 Å². The van der Waals surface area contributed by atoms with Crippen molar-refractivity contribution in [2.75, 3.05) is 11.9 Å². The number of nitrogens with one attached hydrogen (secondary N) is 1. The molecule has 2 rings (SSSR count). The predicted molar refractivity (Wildman–Crippen MR) is 60.7 cm³/mol. The minimum atomic E-state index is -0.523. The third-order valence-electron chi connectivity index (χ3n) is 2.58. The zero-order valence-corrected chi connectivity index (χ0v) is 9.09. The highest BCUT2D eigenvalue weighted by molar-refractivity contribution is 5.96. The molecule has 0 bridgehead atoms. The highest BCUT2D eigenvalue weighted by Crippen LogP contribution is 2.24. The Kier molecular flexibility index (Phi) is 3.34. The zero-order chi connectivity index (χ0) is 12.3. The lowest BCUT2D eigenvalue weighted by Gasteiger charge is -2.10. The van der Waals surface area contributed by atoms with Gasteiger partial charge in [-0.15, -0.1) is 0 Å². The van der Waals surface area contributed by atoms with Crippen molar-refractivity contribution < 1.29 is 14.5 Å². The van der Waals surface area contributed by atoms with E-state index in [4.69, 9.17) is 4.74 Å². The van der Waals surface area contributed by atoms with Crippen molar-refractivity contribution in [2.24, 2.45) is 0 Å². The third kappa shape index (κ3) is 2.59. The fraction of sp³-hybridized carbons (Fsp3) is 0.364. The molecule has 1 fully saturated rings. The van der Waals surface area contributed by atoms with Crippen molar-refractivity contribution in [1.29, 1.82) is 0 Å². The van der Waals surface area contributed by atoms with Gasteiger partial charge in [0.2, 0.25) is 0 Å². The molecule has 17 heavy (non-hydrogen) atoms. The molecular weight excluding hydrogens is 224 g/mol. The normalized spacial score (nSPS) is 18.9. The molecule has 0 aromatic heterocycles. The van der Waals surface area contributed by atoms with E-state index in [-0.39, 0.29) is 17.3 Å². The first-order chi connectivity index (χ1) is 8.18. The SMILES string of the molecule is O=C(Nc1ccccc1[N+](=O)[O-])[C@@H]1CCCO1. The Bertz CT molecular complexity index is 441. The largest absolute Gasteiger partial charge is 0.368 e. The number of amides is 1. The second-order valence-corrected chi connectivity index (χ2v) is 3.77. The lowest BCUT2D eigenvalue weighted by molar-refractivity contribution is -0.383. The Morgan fingerprint density at radius 3 is 2.88 bits per heavy atom. The van der Waals surface area contributed by atoms with Gasteiger partial charge in [0.15, 0.2) is 0 Å². The van der Waals surface area contributed by atoms with Gasteiger partial charge in [0, 0.05) is 12.7 Å². The molecule has 1 N–H and O–H groups in total. The molecule has 90 valence electrons. The van der Waals surface area contributed by atoms with Gasteiger partial charge in [-0.3, -0.25) is 14.9 Å². The molecule has 1 atom stereocenters. The van der Waals surface area contributed by atoms with Crippen LogP contribution in [0.5, 0.6) is 0 Å². The molecule has 6 nitrogen and oxygen atoms in total. The zero-order valence-electron chi connectivity index (χ0n) is 9.09. The molecule has 0 radical (unpaired) electrons. The summed E-state index contributed by atoms with van der Waals surface area (Å²) >= 11 is 0. The first-order valence-electron chi connectivity index (χ1n) is 5.34. The van der Waals surface area contributed by atoms with E-state index in [1.807, 2.05) is 0 Å². The summed E-state index contributed by atoms with van der Waals surface area (Å²) in [4.78, 5) is 22.0. The van der Waals surface area contributed by atoms with Crippen LogP contribution in [0.15, 0.2) is 24.3 Å². The van der Waals surface area contributed by atoms with Crippen LogP contribution in [0.4, 0.5) is 11.4 Å². The van der Waals surface area contributed by atoms with Crippen molar-refractivity contribution in [3.63, 3.8) is 0 Å². The van der Waals surface area contributed by atoms with Crippen LogP contribution in [0.2, 0.25) is 0 Å². The quantitative estimate of drug-likeness (QED) is 0.639. The molecule has 0 unspecified atom stereocenters. The van der Waals surface area contributed by atoms with Gasteiger partial charge in [-0.05, 0) is 18.9 Å². The first-order valence-corrected chi connectivity index (χ1v) is 5.34. The van der Waals surface area contributed by atoms with Crippen LogP contribution in [0, 0.1) is 10.1 Å². The number of ether oxygens (including phenoxy) is 1. The highest BCUT2D eigenvalue weighted by Gasteiger charge is 2.25. The molecule has 1 amide bonds. The Labute approximate surface area is 97.7 Å². The number of nitro benzene ring substituents is 1. The van der Waals surface area contributed by atoms with E-state index in [9.17, 15) is 14.9 Å². The van der Waals surface area contributed by atoms with E-state index in [1.54, 1.807) is 12.1 Å². The second kappa shape index (κ2) is 4.92. The molecule has 1 aliphatic rings. The molecule has 6 heteroatoms. The molecule has 0 aliphatic carbocycles. The number of benzene rings is 1. The van der Waals surface area contributed by atoms with Crippen molar-refractivity contribution in [2.45, 2.75) is 18.9 Å². The van der Waals surface area contributed by atoms with Gasteiger partial charge in [-0.25, -0.2) is 0 Å². The Hall–Kier alpha value is -1.95. The minimum Gasteiger partial charge on any atom is -0.368 e. The molecule has 1 aliphatic heterocycles. The number of carbonyl (C=O) groups is 1. The van der Waals surface area contributed by atoms with E-state index >= 15 is 0 Å². The van der Waals surface area contributed by atoms with Crippen LogP contribution in [-0.4, -0.2) is 23.5 Å². The summed E-state index contributed by atoms with van der Waals surface area (Å²) in [6.07, 6.45) is 1.01. The van der Waals surface area contributed by atoms with Crippen molar-refractivity contribution in [3.05, 3.63) is 34.4 Å². The average molecular weight is 236 g/mol. The van der Waals surface area contributed by atoms with Crippen molar-refractivity contribution in [3.8, 4) is 0 Å². The van der Waals surface area contributed by atoms with Crippen LogP contribution in [-0.2, 0) is 9.53 Å². The monoisotopic (exact) mass is 236 g/mol. The maximum atomic E-state index is 11.7. The number of hydrogen-bond acceptors (Lipinski definition) is 4. The van der Waals surface area contributed by atoms with Crippen LogP contribution >= 0.6 is 0 Å². The smallest absolute Gasteiger partial charge is 0.292 e. The number of nitro groups is 1. The molecule has 1 aromatic rings. The Balaban J connectivity index is 2.12.